The van der Waals surface area contributed by atoms with E-state index >= 15 is 0 Å². The largest absolute Gasteiger partial charge is 0.382 e. The summed E-state index contributed by atoms with van der Waals surface area (Å²) in [5.41, 5.74) is 6.44. The number of aliphatic hydroxyl groups excluding tert-OH is 1. The zero-order valence-corrected chi connectivity index (χ0v) is 11.1. The number of carbonyl (C=O) groups excluding carboxylic acids is 1. The molecule has 1 atom stereocenters. The number of rotatable bonds is 5. The Labute approximate surface area is 114 Å². The molecule has 0 bridgehead atoms. The molecule has 1 saturated carbocycles. The second-order valence-corrected chi connectivity index (χ2v) is 5.29. The molecule has 19 heavy (non-hydrogen) atoms. The highest BCUT2D eigenvalue weighted by atomic mass is 16.3. The van der Waals surface area contributed by atoms with Crippen molar-refractivity contribution >= 4 is 5.91 Å². The van der Waals surface area contributed by atoms with Gasteiger partial charge in [0.15, 0.2) is 0 Å². The molecule has 4 N–H and O–H groups in total. The van der Waals surface area contributed by atoms with E-state index in [4.69, 9.17) is 5.73 Å². The first-order valence-electron chi connectivity index (χ1n) is 6.92. The molecule has 0 saturated heterocycles. The third kappa shape index (κ3) is 4.04. The second kappa shape index (κ2) is 6.68. The number of hydrogen-bond donors (Lipinski definition) is 3. The summed E-state index contributed by atoms with van der Waals surface area (Å²) in [6, 6.07) is 11.0. The molecular weight excluding hydrogens is 240 g/mol. The van der Waals surface area contributed by atoms with Gasteiger partial charge in [-0.2, -0.15) is 0 Å². The van der Waals surface area contributed by atoms with E-state index in [1.807, 2.05) is 6.07 Å². The average Bonchev–Trinajstić information content (AvgIpc) is 2.46. The molecule has 0 heterocycles. The molecule has 0 aromatic heterocycles. The molecule has 1 aromatic rings. The Balaban J connectivity index is 1.75. The molecule has 1 unspecified atom stereocenters. The van der Waals surface area contributed by atoms with E-state index in [-0.39, 0.29) is 6.54 Å². The lowest BCUT2D eigenvalue weighted by molar-refractivity contribution is -0.125. The van der Waals surface area contributed by atoms with Gasteiger partial charge in [-0.15, -0.1) is 0 Å². The lowest BCUT2D eigenvalue weighted by Gasteiger charge is -2.29. The van der Waals surface area contributed by atoms with Crippen molar-refractivity contribution in [3.8, 4) is 0 Å². The first kappa shape index (κ1) is 14.0. The molecule has 0 spiro atoms. The van der Waals surface area contributed by atoms with E-state index in [1.54, 1.807) is 0 Å². The number of amides is 1. The van der Waals surface area contributed by atoms with Crippen LogP contribution in [0.2, 0.25) is 0 Å². The van der Waals surface area contributed by atoms with Gasteiger partial charge in [-0.1, -0.05) is 30.3 Å². The lowest BCUT2D eigenvalue weighted by Crippen LogP contribution is -2.42. The maximum Gasteiger partial charge on any atom is 0.247 e. The summed E-state index contributed by atoms with van der Waals surface area (Å²) in [5.74, 6) is -0.0224. The highest BCUT2D eigenvalue weighted by Gasteiger charge is 2.22. The Kier molecular flexibility index (Phi) is 4.93. The fourth-order valence-corrected chi connectivity index (χ4v) is 2.73. The van der Waals surface area contributed by atoms with Gasteiger partial charge >= 0.3 is 0 Å². The number of aliphatic hydroxyl groups is 1. The van der Waals surface area contributed by atoms with Crippen LogP contribution in [0.1, 0.15) is 37.2 Å². The van der Waals surface area contributed by atoms with Crippen molar-refractivity contribution in [2.75, 3.05) is 6.54 Å². The van der Waals surface area contributed by atoms with Crippen LogP contribution in [0.3, 0.4) is 0 Å². The van der Waals surface area contributed by atoms with Gasteiger partial charge in [0.1, 0.15) is 6.10 Å². The molecule has 1 fully saturated rings. The van der Waals surface area contributed by atoms with Crippen LogP contribution in [0.5, 0.6) is 0 Å². The van der Waals surface area contributed by atoms with E-state index in [0.717, 1.165) is 25.7 Å². The van der Waals surface area contributed by atoms with Crippen LogP contribution >= 0.6 is 0 Å². The van der Waals surface area contributed by atoms with Crippen molar-refractivity contribution < 1.29 is 9.90 Å². The standard InChI is InChI=1S/C15H22N2O2/c16-15(19)14(18)10-17-13-8-6-12(7-9-13)11-4-2-1-3-5-11/h1-5,12-14,17-18H,6-10H2,(H2,16,19). The summed E-state index contributed by atoms with van der Waals surface area (Å²) in [4.78, 5) is 10.7. The van der Waals surface area contributed by atoms with Gasteiger partial charge in [-0.05, 0) is 37.2 Å². The van der Waals surface area contributed by atoms with E-state index < -0.39 is 12.0 Å². The normalized spacial score (nSPS) is 24.9. The minimum atomic E-state index is -1.08. The van der Waals surface area contributed by atoms with Crippen LogP contribution in [0.25, 0.3) is 0 Å². The highest BCUT2D eigenvalue weighted by molar-refractivity contribution is 5.78. The van der Waals surface area contributed by atoms with Crippen LogP contribution in [0.4, 0.5) is 0 Å². The molecule has 104 valence electrons. The predicted molar refractivity (Wildman–Crippen MR) is 74.6 cm³/mol. The van der Waals surface area contributed by atoms with Crippen molar-refractivity contribution in [2.24, 2.45) is 5.73 Å². The van der Waals surface area contributed by atoms with Gasteiger partial charge < -0.3 is 16.2 Å². The quantitative estimate of drug-likeness (QED) is 0.745. The minimum Gasteiger partial charge on any atom is -0.382 e. The van der Waals surface area contributed by atoms with Crippen LogP contribution in [0, 0.1) is 0 Å². The number of primary amides is 1. The fraction of sp³-hybridized carbons (Fsp3) is 0.533. The summed E-state index contributed by atoms with van der Waals surface area (Å²) >= 11 is 0. The number of carbonyl (C=O) groups is 1. The van der Waals surface area contributed by atoms with Crippen molar-refractivity contribution in [1.29, 1.82) is 0 Å². The summed E-state index contributed by atoms with van der Waals surface area (Å²) in [6.07, 6.45) is 3.37. The molecule has 4 nitrogen and oxygen atoms in total. The molecule has 4 heteroatoms. The third-order valence-electron chi connectivity index (χ3n) is 3.93. The highest BCUT2D eigenvalue weighted by Crippen LogP contribution is 2.32. The van der Waals surface area contributed by atoms with Gasteiger partial charge in [-0.3, -0.25) is 4.79 Å². The zero-order valence-electron chi connectivity index (χ0n) is 11.1. The Morgan fingerprint density at radius 1 is 1.26 bits per heavy atom. The maximum absolute atomic E-state index is 10.7. The molecule has 1 aliphatic carbocycles. The maximum atomic E-state index is 10.7. The fourth-order valence-electron chi connectivity index (χ4n) is 2.73. The van der Waals surface area contributed by atoms with Crippen LogP contribution in [-0.4, -0.2) is 29.7 Å². The van der Waals surface area contributed by atoms with Gasteiger partial charge in [0.05, 0.1) is 0 Å². The van der Waals surface area contributed by atoms with Crippen LogP contribution < -0.4 is 11.1 Å². The summed E-state index contributed by atoms with van der Waals surface area (Å²) < 4.78 is 0. The molecule has 2 rings (SSSR count). The number of nitrogens with two attached hydrogens (primary N) is 1. The van der Waals surface area contributed by atoms with Gasteiger partial charge in [0, 0.05) is 12.6 Å². The topological polar surface area (TPSA) is 75.4 Å². The van der Waals surface area contributed by atoms with E-state index in [9.17, 15) is 9.90 Å². The zero-order chi connectivity index (χ0) is 13.7. The van der Waals surface area contributed by atoms with Gasteiger partial charge in [-0.25, -0.2) is 0 Å². The van der Waals surface area contributed by atoms with Crippen molar-refractivity contribution in [1.82, 2.24) is 5.32 Å². The average molecular weight is 262 g/mol. The monoisotopic (exact) mass is 262 g/mol. The van der Waals surface area contributed by atoms with Crippen molar-refractivity contribution in [3.05, 3.63) is 35.9 Å². The number of hydrogen-bond acceptors (Lipinski definition) is 3. The summed E-state index contributed by atoms with van der Waals surface area (Å²) in [5, 5.41) is 12.6. The Bertz CT molecular complexity index is 400. The molecule has 1 aliphatic rings. The van der Waals surface area contributed by atoms with E-state index in [2.05, 4.69) is 29.6 Å². The lowest BCUT2D eigenvalue weighted by atomic mass is 9.82. The molecule has 0 aliphatic heterocycles. The Hall–Kier alpha value is -1.39. The SMILES string of the molecule is NC(=O)C(O)CNC1CCC(c2ccccc2)CC1. The predicted octanol–water partition coefficient (Wildman–Crippen LogP) is 1.15. The number of nitrogens with one attached hydrogen (secondary N) is 1. The van der Waals surface area contributed by atoms with Gasteiger partial charge in [0.25, 0.3) is 0 Å². The van der Waals surface area contributed by atoms with Crippen LogP contribution in [-0.2, 0) is 4.79 Å². The molecule has 0 radical (unpaired) electrons. The van der Waals surface area contributed by atoms with E-state index in [0.29, 0.717) is 12.0 Å². The molecule has 1 amide bonds. The Morgan fingerprint density at radius 2 is 1.89 bits per heavy atom. The smallest absolute Gasteiger partial charge is 0.247 e. The first-order valence-corrected chi connectivity index (χ1v) is 6.92. The second-order valence-electron chi connectivity index (χ2n) is 5.29. The Morgan fingerprint density at radius 3 is 2.47 bits per heavy atom. The third-order valence-corrected chi connectivity index (χ3v) is 3.93. The van der Waals surface area contributed by atoms with Crippen molar-refractivity contribution in [3.63, 3.8) is 0 Å². The van der Waals surface area contributed by atoms with Crippen molar-refractivity contribution in [2.45, 2.75) is 43.7 Å². The summed E-state index contributed by atoms with van der Waals surface area (Å²) in [7, 11) is 0. The molecular formula is C15H22N2O2. The number of benzene rings is 1. The van der Waals surface area contributed by atoms with Gasteiger partial charge in [0.2, 0.25) is 5.91 Å². The summed E-state index contributed by atoms with van der Waals surface area (Å²) in [6.45, 7) is 0.260. The first-order chi connectivity index (χ1) is 9.16. The molecule has 1 aromatic carbocycles. The van der Waals surface area contributed by atoms with Crippen LogP contribution in [0.15, 0.2) is 30.3 Å². The van der Waals surface area contributed by atoms with E-state index in [1.165, 1.54) is 5.56 Å². The minimum absolute atomic E-state index is 0.260.